The number of benzene rings is 2. The monoisotopic (exact) mass is 460 g/mol. The molecule has 0 aliphatic carbocycles. The molecule has 7 nitrogen and oxygen atoms in total. The fourth-order valence-corrected chi connectivity index (χ4v) is 4.55. The lowest BCUT2D eigenvalue weighted by Crippen LogP contribution is -2.50. The van der Waals surface area contributed by atoms with Gasteiger partial charge >= 0.3 is 0 Å². The predicted molar refractivity (Wildman–Crippen MR) is 130 cm³/mol. The third kappa shape index (κ3) is 6.15. The van der Waals surface area contributed by atoms with Gasteiger partial charge in [-0.15, -0.1) is 0 Å². The molecular weight excluding hydrogens is 428 g/mol. The molecule has 0 atom stereocenters. The van der Waals surface area contributed by atoms with Crippen LogP contribution in [0.4, 0.5) is 0 Å². The van der Waals surface area contributed by atoms with Gasteiger partial charge in [0.15, 0.2) is 0 Å². The summed E-state index contributed by atoms with van der Waals surface area (Å²) in [5.41, 5.74) is 1.60. The first-order valence-corrected chi connectivity index (χ1v) is 12.2. The maximum Gasteiger partial charge on any atom is 0.254 e. The minimum Gasteiger partial charge on any atom is -0.494 e. The molecule has 0 radical (unpaired) electrons. The van der Waals surface area contributed by atoms with E-state index in [0.717, 1.165) is 18.7 Å². The number of carbonyl (C=O) groups is 2. The van der Waals surface area contributed by atoms with Gasteiger partial charge in [0.05, 0.1) is 18.2 Å². The molecule has 0 N–H and O–H groups in total. The molecule has 2 heterocycles. The van der Waals surface area contributed by atoms with E-state index in [1.165, 1.54) is 32.4 Å². The van der Waals surface area contributed by atoms with Gasteiger partial charge in [-0.25, -0.2) is 0 Å². The largest absolute Gasteiger partial charge is 0.494 e. The van der Waals surface area contributed by atoms with Gasteiger partial charge in [-0.1, -0.05) is 12.5 Å². The fourth-order valence-electron chi connectivity index (χ4n) is 4.55. The molecule has 2 aromatic rings. The van der Waals surface area contributed by atoms with Gasteiger partial charge in [0.25, 0.3) is 11.8 Å². The number of amides is 2. The number of nitriles is 1. The first kappa shape index (κ1) is 23.8. The van der Waals surface area contributed by atoms with E-state index in [4.69, 9.17) is 10.00 Å². The van der Waals surface area contributed by atoms with E-state index in [-0.39, 0.29) is 11.8 Å². The average molecular weight is 461 g/mol. The second kappa shape index (κ2) is 11.7. The molecule has 2 amide bonds. The van der Waals surface area contributed by atoms with E-state index in [2.05, 4.69) is 11.0 Å². The van der Waals surface area contributed by atoms with Gasteiger partial charge in [0.2, 0.25) is 0 Å². The summed E-state index contributed by atoms with van der Waals surface area (Å²) in [6, 6.07) is 16.1. The second-order valence-electron chi connectivity index (χ2n) is 8.91. The molecule has 2 aliphatic rings. The number of piperidine rings is 1. The maximum absolute atomic E-state index is 12.9. The molecule has 0 aromatic heterocycles. The van der Waals surface area contributed by atoms with Crippen molar-refractivity contribution in [1.29, 1.82) is 5.26 Å². The molecule has 2 aromatic carbocycles. The van der Waals surface area contributed by atoms with Crippen LogP contribution in [0.5, 0.6) is 5.75 Å². The summed E-state index contributed by atoms with van der Waals surface area (Å²) in [5, 5.41) is 9.05. The summed E-state index contributed by atoms with van der Waals surface area (Å²) in [4.78, 5) is 31.7. The van der Waals surface area contributed by atoms with Crippen LogP contribution in [0.1, 0.15) is 52.0 Å². The normalized spacial score (nSPS) is 16.7. The van der Waals surface area contributed by atoms with Crippen LogP contribution in [0.2, 0.25) is 0 Å². The van der Waals surface area contributed by atoms with Crippen LogP contribution < -0.4 is 4.74 Å². The molecule has 0 unspecified atom stereocenters. The van der Waals surface area contributed by atoms with E-state index in [1.54, 1.807) is 34.1 Å². The lowest BCUT2D eigenvalue weighted by molar-refractivity contribution is 0.0535. The predicted octanol–water partition coefficient (Wildman–Crippen LogP) is 3.41. The molecule has 2 saturated heterocycles. The number of hydrogen-bond acceptors (Lipinski definition) is 5. The van der Waals surface area contributed by atoms with E-state index >= 15 is 0 Å². The highest BCUT2D eigenvalue weighted by Crippen LogP contribution is 2.17. The first-order chi connectivity index (χ1) is 16.6. The van der Waals surface area contributed by atoms with Crippen molar-refractivity contribution in [3.8, 4) is 11.8 Å². The van der Waals surface area contributed by atoms with Crippen molar-refractivity contribution >= 4 is 11.8 Å². The Balaban J connectivity index is 1.22. The highest BCUT2D eigenvalue weighted by Gasteiger charge is 2.25. The molecule has 34 heavy (non-hydrogen) atoms. The van der Waals surface area contributed by atoms with Gasteiger partial charge in [0.1, 0.15) is 5.75 Å². The number of hydrogen-bond donors (Lipinski definition) is 0. The molecular formula is C27H32N4O3. The summed E-state index contributed by atoms with van der Waals surface area (Å²) in [7, 11) is 0. The summed E-state index contributed by atoms with van der Waals surface area (Å²) in [5.74, 6) is 0.645. The van der Waals surface area contributed by atoms with Crippen molar-refractivity contribution in [2.24, 2.45) is 0 Å². The third-order valence-corrected chi connectivity index (χ3v) is 6.53. The van der Waals surface area contributed by atoms with Crippen LogP contribution in [0.15, 0.2) is 48.5 Å². The zero-order valence-electron chi connectivity index (χ0n) is 19.6. The van der Waals surface area contributed by atoms with Crippen molar-refractivity contribution in [3.63, 3.8) is 0 Å². The van der Waals surface area contributed by atoms with Crippen LogP contribution in [0.25, 0.3) is 0 Å². The Morgan fingerprint density at radius 1 is 0.824 bits per heavy atom. The van der Waals surface area contributed by atoms with Crippen LogP contribution in [0.3, 0.4) is 0 Å². The zero-order valence-corrected chi connectivity index (χ0v) is 19.6. The molecule has 2 fully saturated rings. The van der Waals surface area contributed by atoms with Crippen molar-refractivity contribution in [2.75, 3.05) is 52.4 Å². The van der Waals surface area contributed by atoms with Crippen molar-refractivity contribution < 1.29 is 14.3 Å². The Bertz CT molecular complexity index is 1020. The Hall–Kier alpha value is -3.37. The first-order valence-electron chi connectivity index (χ1n) is 12.2. The van der Waals surface area contributed by atoms with E-state index < -0.39 is 0 Å². The van der Waals surface area contributed by atoms with Crippen molar-refractivity contribution in [2.45, 2.75) is 25.7 Å². The quantitative estimate of drug-likeness (QED) is 0.592. The molecule has 2 aliphatic heterocycles. The number of likely N-dealkylation sites (tertiary alicyclic amines) is 1. The van der Waals surface area contributed by atoms with Crippen molar-refractivity contribution in [1.82, 2.24) is 14.7 Å². The molecule has 0 bridgehead atoms. The molecule has 0 spiro atoms. The Morgan fingerprint density at radius 2 is 1.47 bits per heavy atom. The van der Waals surface area contributed by atoms with Crippen LogP contribution in [0, 0.1) is 11.3 Å². The highest BCUT2D eigenvalue weighted by atomic mass is 16.5. The minimum atomic E-state index is -0.106. The van der Waals surface area contributed by atoms with Gasteiger partial charge in [-0.3, -0.25) is 9.59 Å². The number of carbonyl (C=O) groups excluding carboxylic acids is 2. The molecule has 178 valence electrons. The van der Waals surface area contributed by atoms with Crippen LogP contribution in [-0.4, -0.2) is 78.9 Å². The number of ether oxygens (including phenoxy) is 1. The standard InChI is InChI=1S/C27H32N4O3/c28-21-22-6-4-7-24(20-22)27(33)31-17-15-30(16-18-31)26(32)23-8-10-25(11-9-23)34-19-5-14-29-12-2-1-3-13-29/h4,6-11,20H,1-3,5,12-19H2. The Morgan fingerprint density at radius 3 is 2.12 bits per heavy atom. The summed E-state index contributed by atoms with van der Waals surface area (Å²) in [6.07, 6.45) is 4.96. The second-order valence-corrected chi connectivity index (χ2v) is 8.91. The number of rotatable bonds is 7. The Kier molecular flexibility index (Phi) is 8.16. The average Bonchev–Trinajstić information content (AvgIpc) is 2.91. The fraction of sp³-hybridized carbons (Fsp3) is 0.444. The van der Waals surface area contributed by atoms with Crippen LogP contribution >= 0.6 is 0 Å². The number of nitrogens with zero attached hydrogens (tertiary/aromatic N) is 4. The maximum atomic E-state index is 12.9. The smallest absolute Gasteiger partial charge is 0.254 e. The third-order valence-electron chi connectivity index (χ3n) is 6.53. The summed E-state index contributed by atoms with van der Waals surface area (Å²) in [6.45, 7) is 6.07. The molecule has 7 heteroatoms. The van der Waals surface area contributed by atoms with E-state index in [0.29, 0.717) is 49.5 Å². The molecule has 0 saturated carbocycles. The van der Waals surface area contributed by atoms with Gasteiger partial charge in [-0.05, 0) is 74.8 Å². The van der Waals surface area contributed by atoms with Crippen LogP contribution in [-0.2, 0) is 0 Å². The Labute approximate surface area is 201 Å². The lowest BCUT2D eigenvalue weighted by atomic mass is 10.1. The zero-order chi connectivity index (χ0) is 23.8. The topological polar surface area (TPSA) is 76.9 Å². The summed E-state index contributed by atoms with van der Waals surface area (Å²) >= 11 is 0. The highest BCUT2D eigenvalue weighted by molar-refractivity contribution is 5.96. The number of piperazine rings is 1. The summed E-state index contributed by atoms with van der Waals surface area (Å²) < 4.78 is 5.86. The van der Waals surface area contributed by atoms with Gasteiger partial charge in [-0.2, -0.15) is 5.26 Å². The SMILES string of the molecule is N#Cc1cccc(C(=O)N2CCN(C(=O)c3ccc(OCCCN4CCCCC4)cc3)CC2)c1. The minimum absolute atomic E-state index is 0.0322. The van der Waals surface area contributed by atoms with Gasteiger partial charge in [0, 0.05) is 43.9 Å². The van der Waals surface area contributed by atoms with E-state index in [1.807, 2.05) is 24.3 Å². The van der Waals surface area contributed by atoms with E-state index in [9.17, 15) is 9.59 Å². The van der Waals surface area contributed by atoms with Gasteiger partial charge < -0.3 is 19.4 Å². The van der Waals surface area contributed by atoms with Crippen molar-refractivity contribution in [3.05, 3.63) is 65.2 Å². The lowest BCUT2D eigenvalue weighted by Gasteiger charge is -2.35. The molecule has 4 rings (SSSR count).